The first kappa shape index (κ1) is 18.2. The molecule has 1 aromatic rings. The van der Waals surface area contributed by atoms with E-state index < -0.39 is 10.0 Å². The van der Waals surface area contributed by atoms with Crippen LogP contribution in [0.25, 0.3) is 0 Å². The van der Waals surface area contributed by atoms with Crippen LogP contribution in [0.1, 0.15) is 13.8 Å². The van der Waals surface area contributed by atoms with Gasteiger partial charge in [-0.3, -0.25) is 4.79 Å². The Labute approximate surface area is 131 Å². The predicted molar refractivity (Wildman–Crippen MR) is 82.6 cm³/mol. The predicted octanol–water partition coefficient (Wildman–Crippen LogP) is 0.849. The van der Waals surface area contributed by atoms with E-state index in [0.29, 0.717) is 11.5 Å². The number of nitrogens with one attached hydrogen (secondary N) is 1. The maximum atomic E-state index is 12.5. The van der Waals surface area contributed by atoms with Crippen LogP contribution in [0.2, 0.25) is 0 Å². The van der Waals surface area contributed by atoms with Crippen LogP contribution in [0.4, 0.5) is 0 Å². The van der Waals surface area contributed by atoms with Crippen LogP contribution in [0.5, 0.6) is 11.5 Å². The number of hydrogen-bond acceptors (Lipinski definition) is 5. The molecule has 0 unspecified atom stereocenters. The Kier molecular flexibility index (Phi) is 6.19. The van der Waals surface area contributed by atoms with Crippen LogP contribution in [0.3, 0.4) is 0 Å². The highest BCUT2D eigenvalue weighted by atomic mass is 32.2. The number of benzene rings is 1. The average molecular weight is 330 g/mol. The van der Waals surface area contributed by atoms with Crippen LogP contribution >= 0.6 is 0 Å². The second-order valence-corrected chi connectivity index (χ2v) is 7.04. The molecular formula is C14H22N2O5S. The first-order valence-corrected chi connectivity index (χ1v) is 8.14. The molecule has 1 N–H and O–H groups in total. The van der Waals surface area contributed by atoms with Crippen LogP contribution in [-0.4, -0.2) is 52.5 Å². The Bertz CT molecular complexity index is 628. The second kappa shape index (κ2) is 7.46. The lowest BCUT2D eigenvalue weighted by Gasteiger charge is -2.18. The zero-order valence-corrected chi connectivity index (χ0v) is 14.2. The van der Waals surface area contributed by atoms with Gasteiger partial charge in [0, 0.05) is 19.2 Å². The number of carbonyl (C=O) groups is 1. The molecule has 0 bridgehead atoms. The van der Waals surface area contributed by atoms with E-state index in [-0.39, 0.29) is 23.4 Å². The Balaban J connectivity index is 3.00. The van der Waals surface area contributed by atoms with Gasteiger partial charge < -0.3 is 14.8 Å². The third kappa shape index (κ3) is 4.35. The summed E-state index contributed by atoms with van der Waals surface area (Å²) < 4.78 is 36.1. The van der Waals surface area contributed by atoms with Crippen molar-refractivity contribution in [3.8, 4) is 11.5 Å². The number of nitrogens with zero attached hydrogens (tertiary/aromatic N) is 1. The van der Waals surface area contributed by atoms with Crippen molar-refractivity contribution in [2.24, 2.45) is 0 Å². The van der Waals surface area contributed by atoms with Gasteiger partial charge >= 0.3 is 0 Å². The summed E-state index contributed by atoms with van der Waals surface area (Å²) in [5, 5.41) is 2.65. The lowest BCUT2D eigenvalue weighted by atomic mass is 10.3. The Morgan fingerprint density at radius 2 is 1.82 bits per heavy atom. The van der Waals surface area contributed by atoms with Gasteiger partial charge in [-0.2, -0.15) is 4.31 Å². The Morgan fingerprint density at radius 1 is 1.23 bits per heavy atom. The van der Waals surface area contributed by atoms with Crippen LogP contribution in [0, 0.1) is 0 Å². The molecule has 0 aliphatic carbocycles. The van der Waals surface area contributed by atoms with Gasteiger partial charge in [0.05, 0.1) is 25.7 Å². The lowest BCUT2D eigenvalue weighted by Crippen LogP contribution is -2.40. The average Bonchev–Trinajstić information content (AvgIpc) is 2.45. The minimum atomic E-state index is -3.79. The molecule has 0 heterocycles. The maximum absolute atomic E-state index is 12.5. The third-order valence-electron chi connectivity index (χ3n) is 2.88. The smallest absolute Gasteiger partial charge is 0.243 e. The highest BCUT2D eigenvalue weighted by molar-refractivity contribution is 7.89. The highest BCUT2D eigenvalue weighted by Crippen LogP contribution is 2.30. The number of hydrogen-bond donors (Lipinski definition) is 1. The molecule has 0 fully saturated rings. The van der Waals surface area contributed by atoms with E-state index in [0.717, 1.165) is 4.31 Å². The van der Waals surface area contributed by atoms with E-state index in [1.165, 1.54) is 39.5 Å². The molecule has 0 aliphatic rings. The molecule has 0 atom stereocenters. The summed E-state index contributed by atoms with van der Waals surface area (Å²) in [6.07, 6.45) is 0. The summed E-state index contributed by atoms with van der Waals surface area (Å²) in [4.78, 5) is 11.7. The third-order valence-corrected chi connectivity index (χ3v) is 4.68. The number of methoxy groups -OCH3 is 2. The van der Waals surface area contributed by atoms with E-state index in [1.54, 1.807) is 13.8 Å². The number of ether oxygens (including phenoxy) is 2. The molecule has 0 saturated carbocycles. The van der Waals surface area contributed by atoms with E-state index >= 15 is 0 Å². The normalized spacial score (nSPS) is 11.6. The summed E-state index contributed by atoms with van der Waals surface area (Å²) in [5.41, 5.74) is 0. The number of carbonyl (C=O) groups excluding carboxylic acids is 1. The largest absolute Gasteiger partial charge is 0.493 e. The van der Waals surface area contributed by atoms with Crippen molar-refractivity contribution in [2.45, 2.75) is 24.8 Å². The zero-order chi connectivity index (χ0) is 16.9. The maximum Gasteiger partial charge on any atom is 0.243 e. The Hall–Kier alpha value is -1.80. The van der Waals surface area contributed by atoms with Crippen molar-refractivity contribution >= 4 is 15.9 Å². The van der Waals surface area contributed by atoms with Gasteiger partial charge in [0.25, 0.3) is 0 Å². The van der Waals surface area contributed by atoms with Gasteiger partial charge in [0.2, 0.25) is 15.9 Å². The van der Waals surface area contributed by atoms with Crippen LogP contribution in [-0.2, 0) is 14.8 Å². The van der Waals surface area contributed by atoms with E-state index in [4.69, 9.17) is 9.47 Å². The highest BCUT2D eigenvalue weighted by Gasteiger charge is 2.24. The molecule has 8 heteroatoms. The molecule has 124 valence electrons. The van der Waals surface area contributed by atoms with Crippen molar-refractivity contribution in [3.05, 3.63) is 18.2 Å². The van der Waals surface area contributed by atoms with Gasteiger partial charge in [0.15, 0.2) is 11.5 Å². The van der Waals surface area contributed by atoms with Crippen molar-refractivity contribution in [2.75, 3.05) is 27.8 Å². The molecule has 0 aromatic heterocycles. The fourth-order valence-corrected chi connectivity index (χ4v) is 2.95. The summed E-state index contributed by atoms with van der Waals surface area (Å²) in [7, 11) is 0.454. The van der Waals surface area contributed by atoms with Gasteiger partial charge in [-0.1, -0.05) is 0 Å². The summed E-state index contributed by atoms with van der Waals surface area (Å²) in [5.74, 6) is 0.381. The first-order chi connectivity index (χ1) is 10.2. The standard InChI is InChI=1S/C14H22N2O5S/c1-10(2)15-14(17)9-16(3)22(18,19)11-6-7-12(20-4)13(8-11)21-5/h6-8,10H,9H2,1-5H3,(H,15,17). The fourth-order valence-electron chi connectivity index (χ4n) is 1.81. The Morgan fingerprint density at radius 3 is 2.32 bits per heavy atom. The molecule has 1 rings (SSSR count). The molecule has 1 aromatic carbocycles. The van der Waals surface area contributed by atoms with Crippen molar-refractivity contribution in [1.29, 1.82) is 0 Å². The molecule has 0 radical (unpaired) electrons. The second-order valence-electron chi connectivity index (χ2n) is 5.00. The monoisotopic (exact) mass is 330 g/mol. The van der Waals surface area contributed by atoms with E-state index in [9.17, 15) is 13.2 Å². The summed E-state index contributed by atoms with van der Waals surface area (Å²) >= 11 is 0. The number of likely N-dealkylation sites (N-methyl/N-ethyl adjacent to an activating group) is 1. The van der Waals surface area contributed by atoms with Crippen molar-refractivity contribution in [1.82, 2.24) is 9.62 Å². The quantitative estimate of drug-likeness (QED) is 0.801. The topological polar surface area (TPSA) is 84.9 Å². The summed E-state index contributed by atoms with van der Waals surface area (Å²) in [6, 6.07) is 4.23. The molecule has 0 spiro atoms. The minimum absolute atomic E-state index is 0.0324. The molecule has 7 nitrogen and oxygen atoms in total. The molecule has 1 amide bonds. The number of sulfonamides is 1. The summed E-state index contributed by atoms with van der Waals surface area (Å²) in [6.45, 7) is 3.36. The molecule has 0 saturated heterocycles. The van der Waals surface area contributed by atoms with Crippen molar-refractivity contribution < 1.29 is 22.7 Å². The van der Waals surface area contributed by atoms with E-state index in [1.807, 2.05) is 0 Å². The van der Waals surface area contributed by atoms with Crippen LogP contribution in [0.15, 0.2) is 23.1 Å². The first-order valence-electron chi connectivity index (χ1n) is 6.70. The SMILES string of the molecule is COc1ccc(S(=O)(=O)N(C)CC(=O)NC(C)C)cc1OC. The molecular weight excluding hydrogens is 308 g/mol. The van der Waals surface area contributed by atoms with Gasteiger partial charge in [0.1, 0.15) is 0 Å². The lowest BCUT2D eigenvalue weighted by molar-refractivity contribution is -0.121. The minimum Gasteiger partial charge on any atom is -0.493 e. The zero-order valence-electron chi connectivity index (χ0n) is 13.4. The van der Waals surface area contributed by atoms with Gasteiger partial charge in [-0.05, 0) is 26.0 Å². The van der Waals surface area contributed by atoms with Crippen molar-refractivity contribution in [3.63, 3.8) is 0 Å². The van der Waals surface area contributed by atoms with Gasteiger partial charge in [-0.15, -0.1) is 0 Å². The van der Waals surface area contributed by atoms with Crippen LogP contribution < -0.4 is 14.8 Å². The molecule has 0 aliphatic heterocycles. The number of amides is 1. The fraction of sp³-hybridized carbons (Fsp3) is 0.500. The number of rotatable bonds is 7. The molecule has 22 heavy (non-hydrogen) atoms. The van der Waals surface area contributed by atoms with Gasteiger partial charge in [-0.25, -0.2) is 8.42 Å². The van der Waals surface area contributed by atoms with E-state index in [2.05, 4.69) is 5.32 Å².